The van der Waals surface area contributed by atoms with Crippen molar-refractivity contribution in [2.24, 2.45) is 0 Å². The van der Waals surface area contributed by atoms with Crippen molar-refractivity contribution in [3.8, 4) is 0 Å². The van der Waals surface area contributed by atoms with Crippen molar-refractivity contribution in [2.75, 3.05) is 20.7 Å². The highest BCUT2D eigenvalue weighted by molar-refractivity contribution is 5.82. The van der Waals surface area contributed by atoms with Gasteiger partial charge in [0.15, 0.2) is 0 Å². The van der Waals surface area contributed by atoms with Gasteiger partial charge in [-0.3, -0.25) is 4.90 Å². The van der Waals surface area contributed by atoms with E-state index in [2.05, 4.69) is 4.74 Å². The summed E-state index contributed by atoms with van der Waals surface area (Å²) in [6, 6.07) is -0.712. The van der Waals surface area contributed by atoms with Crippen molar-refractivity contribution in [1.29, 1.82) is 0 Å². The summed E-state index contributed by atoms with van der Waals surface area (Å²) in [5.41, 5.74) is -0.633. The molecular weight excluding hydrogens is 238 g/mol. The minimum absolute atomic E-state index is 0.208. The van der Waals surface area contributed by atoms with Gasteiger partial charge < -0.3 is 14.2 Å². The van der Waals surface area contributed by atoms with Gasteiger partial charge in [0, 0.05) is 13.5 Å². The monoisotopic (exact) mass is 260 g/mol. The molecule has 0 aromatic heterocycles. The maximum absolute atomic E-state index is 12.0. The standard InChI is InChI=1S/C12H21NO5/c1-12(2,3)18-11(15)13-7-8(16-4)6-9(13)10(14)17-5/h8-9H,6-7H2,1-5H3/t8-,9-/m0/s1/i4D. The Balaban J connectivity index is 2.76. The largest absolute Gasteiger partial charge is 0.467 e. The van der Waals surface area contributed by atoms with E-state index in [-0.39, 0.29) is 19.7 Å². The molecule has 1 aliphatic rings. The third-order valence-electron chi connectivity index (χ3n) is 2.60. The van der Waals surface area contributed by atoms with Crippen LogP contribution in [0.4, 0.5) is 4.79 Å². The van der Waals surface area contributed by atoms with Crippen LogP contribution in [0.25, 0.3) is 0 Å². The molecule has 0 saturated carbocycles. The predicted octanol–water partition coefficient (Wildman–Crippen LogP) is 1.18. The van der Waals surface area contributed by atoms with Crippen molar-refractivity contribution in [1.82, 2.24) is 4.90 Å². The maximum Gasteiger partial charge on any atom is 0.411 e. The van der Waals surface area contributed by atoms with E-state index in [0.717, 1.165) is 0 Å². The molecule has 1 rings (SSSR count). The molecule has 1 amide bonds. The fourth-order valence-electron chi connectivity index (χ4n) is 1.80. The zero-order valence-electron chi connectivity index (χ0n) is 12.3. The van der Waals surface area contributed by atoms with Crippen LogP contribution in [0, 0.1) is 0 Å². The number of likely N-dealkylation sites (tertiary alicyclic amines) is 1. The normalized spacial score (nSPS) is 24.7. The third kappa shape index (κ3) is 3.60. The highest BCUT2D eigenvalue weighted by atomic mass is 16.6. The first-order chi connectivity index (χ1) is 8.78. The Bertz CT molecular complexity index is 342. The third-order valence-corrected chi connectivity index (χ3v) is 2.60. The molecule has 1 aliphatic heterocycles. The average molecular weight is 260 g/mol. The summed E-state index contributed by atoms with van der Waals surface area (Å²) < 4.78 is 22.1. The molecule has 0 aromatic carbocycles. The van der Waals surface area contributed by atoms with E-state index in [4.69, 9.17) is 10.8 Å². The molecule has 2 atom stereocenters. The minimum Gasteiger partial charge on any atom is -0.467 e. The maximum atomic E-state index is 12.0. The summed E-state index contributed by atoms with van der Waals surface area (Å²) in [6.07, 6.45) is -0.585. The minimum atomic E-state index is -0.712. The SMILES string of the molecule is [2H]CO[C@H]1C[C@@H](C(=O)OC)N(C(=O)OC(C)(C)C)C1. The summed E-state index contributed by atoms with van der Waals surface area (Å²) >= 11 is 0. The molecule has 0 aromatic rings. The fraction of sp³-hybridized carbons (Fsp3) is 0.833. The van der Waals surface area contributed by atoms with Gasteiger partial charge in [0.1, 0.15) is 11.6 Å². The number of ether oxygens (including phenoxy) is 3. The lowest BCUT2D eigenvalue weighted by molar-refractivity contribution is -0.145. The Kier molecular flexibility index (Phi) is 4.06. The molecule has 18 heavy (non-hydrogen) atoms. The number of methoxy groups -OCH3 is 2. The Morgan fingerprint density at radius 2 is 2.06 bits per heavy atom. The smallest absolute Gasteiger partial charge is 0.411 e. The molecular formula is C12H21NO5. The molecule has 1 heterocycles. The first-order valence-electron chi connectivity index (χ1n) is 6.47. The van der Waals surface area contributed by atoms with E-state index in [1.54, 1.807) is 20.8 Å². The van der Waals surface area contributed by atoms with Crippen LogP contribution in [-0.4, -0.2) is 55.4 Å². The second-order valence-corrected chi connectivity index (χ2v) is 5.20. The van der Waals surface area contributed by atoms with Gasteiger partial charge in [0.05, 0.1) is 21.1 Å². The fourth-order valence-corrected chi connectivity index (χ4v) is 1.80. The van der Waals surface area contributed by atoms with Crippen molar-refractivity contribution in [3.63, 3.8) is 0 Å². The molecule has 0 radical (unpaired) electrons. The molecule has 1 fully saturated rings. The Morgan fingerprint density at radius 3 is 2.56 bits per heavy atom. The molecule has 1 saturated heterocycles. The lowest BCUT2D eigenvalue weighted by Crippen LogP contribution is -2.44. The quantitative estimate of drug-likeness (QED) is 0.698. The first kappa shape index (κ1) is 13.1. The van der Waals surface area contributed by atoms with Crippen molar-refractivity contribution in [2.45, 2.75) is 44.9 Å². The zero-order valence-corrected chi connectivity index (χ0v) is 11.3. The van der Waals surface area contributed by atoms with Gasteiger partial charge in [-0.25, -0.2) is 9.59 Å². The van der Waals surface area contributed by atoms with Crippen LogP contribution in [0.2, 0.25) is 0 Å². The molecule has 104 valence electrons. The predicted molar refractivity (Wildman–Crippen MR) is 64.2 cm³/mol. The van der Waals surface area contributed by atoms with Gasteiger partial charge in [-0.15, -0.1) is 0 Å². The van der Waals surface area contributed by atoms with Crippen LogP contribution in [0.5, 0.6) is 0 Å². The van der Waals surface area contributed by atoms with Crippen molar-refractivity contribution in [3.05, 3.63) is 0 Å². The molecule has 0 bridgehead atoms. The highest BCUT2D eigenvalue weighted by Gasteiger charge is 2.42. The second-order valence-electron chi connectivity index (χ2n) is 5.20. The molecule has 0 aliphatic carbocycles. The van der Waals surface area contributed by atoms with Crippen molar-refractivity contribution < 1.29 is 25.2 Å². The second kappa shape index (κ2) is 5.56. The zero-order chi connectivity index (χ0) is 14.6. The van der Waals surface area contributed by atoms with E-state index in [1.165, 1.54) is 12.0 Å². The summed E-state index contributed by atoms with van der Waals surface area (Å²) in [5.74, 6) is -0.498. The van der Waals surface area contributed by atoms with Crippen LogP contribution < -0.4 is 0 Å². The number of hydrogen-bond acceptors (Lipinski definition) is 5. The van der Waals surface area contributed by atoms with Gasteiger partial charge in [-0.2, -0.15) is 0 Å². The summed E-state index contributed by atoms with van der Waals surface area (Å²) in [6.45, 7) is 5.50. The number of carbonyl (C=O) groups is 2. The number of rotatable bonds is 2. The Hall–Kier alpha value is -1.30. The average Bonchev–Trinajstić information content (AvgIpc) is 2.70. The van der Waals surface area contributed by atoms with E-state index >= 15 is 0 Å². The molecule has 6 nitrogen and oxygen atoms in total. The molecule has 0 spiro atoms. The Labute approximate surface area is 109 Å². The lowest BCUT2D eigenvalue weighted by atomic mass is 10.2. The topological polar surface area (TPSA) is 65.1 Å². The van der Waals surface area contributed by atoms with Gasteiger partial charge in [-0.05, 0) is 20.8 Å². The first-order valence-corrected chi connectivity index (χ1v) is 5.76. The number of amides is 1. The van der Waals surface area contributed by atoms with Gasteiger partial charge in [0.25, 0.3) is 0 Å². The number of nitrogens with zero attached hydrogens (tertiary/aromatic N) is 1. The van der Waals surface area contributed by atoms with Crippen LogP contribution in [0.1, 0.15) is 28.6 Å². The summed E-state index contributed by atoms with van der Waals surface area (Å²) in [4.78, 5) is 25.0. The molecule has 0 unspecified atom stereocenters. The van der Waals surface area contributed by atoms with Gasteiger partial charge >= 0.3 is 12.1 Å². The van der Waals surface area contributed by atoms with Gasteiger partial charge in [0.2, 0.25) is 0 Å². The van der Waals surface area contributed by atoms with Crippen molar-refractivity contribution >= 4 is 12.1 Å². The lowest BCUT2D eigenvalue weighted by Gasteiger charge is -2.27. The highest BCUT2D eigenvalue weighted by Crippen LogP contribution is 2.23. The summed E-state index contributed by atoms with van der Waals surface area (Å²) in [7, 11) is 1.06. The molecule has 0 N–H and O–H groups in total. The van der Waals surface area contributed by atoms with Crippen LogP contribution in [-0.2, 0) is 19.0 Å². The molecule has 6 heteroatoms. The number of esters is 1. The van der Waals surface area contributed by atoms with E-state index in [1.807, 2.05) is 0 Å². The van der Waals surface area contributed by atoms with Crippen LogP contribution in [0.15, 0.2) is 0 Å². The summed E-state index contributed by atoms with van der Waals surface area (Å²) in [5, 5.41) is 0. The number of hydrogen-bond donors (Lipinski definition) is 0. The van der Waals surface area contributed by atoms with Crippen LogP contribution in [0.3, 0.4) is 0 Å². The number of carbonyl (C=O) groups excluding carboxylic acids is 2. The Morgan fingerprint density at radius 1 is 1.39 bits per heavy atom. The van der Waals surface area contributed by atoms with E-state index in [0.29, 0.717) is 6.42 Å². The van der Waals surface area contributed by atoms with E-state index < -0.39 is 23.7 Å². The van der Waals surface area contributed by atoms with Crippen LogP contribution >= 0.6 is 0 Å². The van der Waals surface area contributed by atoms with Gasteiger partial charge in [-0.1, -0.05) is 0 Å². The van der Waals surface area contributed by atoms with E-state index in [9.17, 15) is 9.59 Å².